The first-order chi connectivity index (χ1) is 11.8. The molecule has 1 amide bonds. The standard InChI is InChI=1S/C19H26FN3OS/c1-6-7-10-23-14(4)13(3)21-19(23)25-15(5)18(24)22-16-9-8-12(2)17(20)11-16/h8-9,11,15H,6-7,10H2,1-5H3,(H,22,24)/t15-/m1/s1. The van der Waals surface area contributed by atoms with Gasteiger partial charge in [0.2, 0.25) is 5.91 Å². The highest BCUT2D eigenvalue weighted by Gasteiger charge is 2.20. The number of anilines is 1. The summed E-state index contributed by atoms with van der Waals surface area (Å²) in [6, 6.07) is 4.72. The molecule has 0 aliphatic carbocycles. The number of nitrogens with one attached hydrogen (secondary N) is 1. The van der Waals surface area contributed by atoms with Gasteiger partial charge in [-0.2, -0.15) is 0 Å². The smallest absolute Gasteiger partial charge is 0.237 e. The van der Waals surface area contributed by atoms with Crippen molar-refractivity contribution in [3.05, 3.63) is 41.0 Å². The highest BCUT2D eigenvalue weighted by molar-refractivity contribution is 8.00. The van der Waals surface area contributed by atoms with Crippen LogP contribution in [0.3, 0.4) is 0 Å². The number of nitrogens with zero attached hydrogens (tertiary/aromatic N) is 2. The molecule has 1 aromatic heterocycles. The van der Waals surface area contributed by atoms with Crippen molar-refractivity contribution >= 4 is 23.4 Å². The lowest BCUT2D eigenvalue weighted by Gasteiger charge is -2.14. The van der Waals surface area contributed by atoms with Crippen LogP contribution in [0.1, 0.15) is 43.6 Å². The second-order valence-electron chi connectivity index (χ2n) is 6.28. The van der Waals surface area contributed by atoms with Crippen molar-refractivity contribution in [2.45, 2.75) is 64.4 Å². The van der Waals surface area contributed by atoms with E-state index in [1.54, 1.807) is 19.1 Å². The fourth-order valence-electron chi connectivity index (χ4n) is 2.42. The van der Waals surface area contributed by atoms with Crippen molar-refractivity contribution in [2.75, 3.05) is 5.32 Å². The van der Waals surface area contributed by atoms with E-state index in [1.165, 1.54) is 17.8 Å². The highest BCUT2D eigenvalue weighted by Crippen LogP contribution is 2.26. The molecule has 1 N–H and O–H groups in total. The Labute approximate surface area is 153 Å². The van der Waals surface area contributed by atoms with Crippen molar-refractivity contribution in [3.63, 3.8) is 0 Å². The molecule has 0 unspecified atom stereocenters. The maximum Gasteiger partial charge on any atom is 0.237 e. The largest absolute Gasteiger partial charge is 0.325 e. The van der Waals surface area contributed by atoms with Crippen molar-refractivity contribution < 1.29 is 9.18 Å². The second kappa shape index (κ2) is 8.52. The van der Waals surface area contributed by atoms with Crippen LogP contribution in [0.5, 0.6) is 0 Å². The van der Waals surface area contributed by atoms with Gasteiger partial charge in [0, 0.05) is 17.9 Å². The van der Waals surface area contributed by atoms with E-state index in [2.05, 4.69) is 28.7 Å². The minimum absolute atomic E-state index is 0.159. The summed E-state index contributed by atoms with van der Waals surface area (Å²) in [4.78, 5) is 17.0. The number of hydrogen-bond acceptors (Lipinski definition) is 3. The average Bonchev–Trinajstić information content (AvgIpc) is 2.83. The SMILES string of the molecule is CCCCn1c(S[C@H](C)C(=O)Nc2ccc(C)c(F)c2)nc(C)c1C. The molecule has 2 aromatic rings. The summed E-state index contributed by atoms with van der Waals surface area (Å²) in [7, 11) is 0. The van der Waals surface area contributed by atoms with E-state index in [1.807, 2.05) is 13.8 Å². The van der Waals surface area contributed by atoms with E-state index in [0.717, 1.165) is 35.9 Å². The minimum atomic E-state index is -0.328. The second-order valence-corrected chi connectivity index (χ2v) is 7.59. The van der Waals surface area contributed by atoms with E-state index in [9.17, 15) is 9.18 Å². The van der Waals surface area contributed by atoms with E-state index in [0.29, 0.717) is 11.3 Å². The van der Waals surface area contributed by atoms with Gasteiger partial charge in [-0.25, -0.2) is 9.37 Å². The normalized spacial score (nSPS) is 12.2. The van der Waals surface area contributed by atoms with Crippen LogP contribution in [0.15, 0.2) is 23.4 Å². The number of aromatic nitrogens is 2. The molecular weight excluding hydrogens is 337 g/mol. The van der Waals surface area contributed by atoms with Gasteiger partial charge in [0.05, 0.1) is 10.9 Å². The van der Waals surface area contributed by atoms with Gasteiger partial charge < -0.3 is 9.88 Å². The van der Waals surface area contributed by atoms with Gasteiger partial charge in [-0.15, -0.1) is 0 Å². The number of hydrogen-bond donors (Lipinski definition) is 1. The lowest BCUT2D eigenvalue weighted by atomic mass is 10.2. The zero-order valence-electron chi connectivity index (χ0n) is 15.5. The molecule has 0 saturated carbocycles. The molecule has 0 radical (unpaired) electrons. The van der Waals surface area contributed by atoms with Crippen molar-refractivity contribution in [1.29, 1.82) is 0 Å². The van der Waals surface area contributed by atoms with E-state index in [-0.39, 0.29) is 17.0 Å². The summed E-state index contributed by atoms with van der Waals surface area (Å²) in [5.74, 6) is -0.479. The Hall–Kier alpha value is -1.82. The van der Waals surface area contributed by atoms with Gasteiger partial charge in [0.1, 0.15) is 5.82 Å². The molecule has 136 valence electrons. The minimum Gasteiger partial charge on any atom is -0.325 e. The fraction of sp³-hybridized carbons (Fsp3) is 0.474. The van der Waals surface area contributed by atoms with E-state index in [4.69, 9.17) is 0 Å². The van der Waals surface area contributed by atoms with Gasteiger partial charge in [0.25, 0.3) is 0 Å². The summed E-state index contributed by atoms with van der Waals surface area (Å²) in [6.45, 7) is 10.6. The first-order valence-electron chi connectivity index (χ1n) is 8.60. The summed E-state index contributed by atoms with van der Waals surface area (Å²) < 4.78 is 15.8. The average molecular weight is 364 g/mol. The number of thioether (sulfide) groups is 1. The molecule has 25 heavy (non-hydrogen) atoms. The summed E-state index contributed by atoms with van der Waals surface area (Å²) in [5.41, 5.74) is 3.17. The molecule has 0 aliphatic rings. The fourth-order valence-corrected chi connectivity index (χ4v) is 3.45. The van der Waals surface area contributed by atoms with Crippen molar-refractivity contribution in [3.8, 4) is 0 Å². The monoisotopic (exact) mass is 363 g/mol. The van der Waals surface area contributed by atoms with Crippen LogP contribution >= 0.6 is 11.8 Å². The third-order valence-electron chi connectivity index (χ3n) is 4.25. The topological polar surface area (TPSA) is 46.9 Å². The van der Waals surface area contributed by atoms with Crippen LogP contribution in [-0.4, -0.2) is 20.7 Å². The molecular formula is C19H26FN3OS. The van der Waals surface area contributed by atoms with Gasteiger partial charge in [-0.3, -0.25) is 4.79 Å². The van der Waals surface area contributed by atoms with Crippen molar-refractivity contribution in [1.82, 2.24) is 9.55 Å². The molecule has 1 heterocycles. The van der Waals surface area contributed by atoms with Crippen molar-refractivity contribution in [2.24, 2.45) is 0 Å². The van der Waals surface area contributed by atoms with Crippen LogP contribution in [0.4, 0.5) is 10.1 Å². The number of imidazole rings is 1. The Balaban J connectivity index is 2.08. The van der Waals surface area contributed by atoms with E-state index >= 15 is 0 Å². The Bertz CT molecular complexity index is 757. The summed E-state index contributed by atoms with van der Waals surface area (Å²) >= 11 is 1.44. The van der Waals surface area contributed by atoms with Gasteiger partial charge >= 0.3 is 0 Å². The molecule has 6 heteroatoms. The van der Waals surface area contributed by atoms with Gasteiger partial charge in [0.15, 0.2) is 5.16 Å². The number of benzene rings is 1. The molecule has 0 saturated heterocycles. The van der Waals surface area contributed by atoms with Crippen LogP contribution in [0.2, 0.25) is 0 Å². The Kier molecular flexibility index (Phi) is 6.64. The first kappa shape index (κ1) is 19.5. The maximum atomic E-state index is 13.6. The molecule has 0 aliphatic heterocycles. The Morgan fingerprint density at radius 1 is 1.36 bits per heavy atom. The Morgan fingerprint density at radius 3 is 2.72 bits per heavy atom. The summed E-state index contributed by atoms with van der Waals surface area (Å²) in [6.07, 6.45) is 2.18. The number of amides is 1. The van der Waals surface area contributed by atoms with Crippen LogP contribution in [0, 0.1) is 26.6 Å². The lowest BCUT2D eigenvalue weighted by Crippen LogP contribution is -2.23. The van der Waals surface area contributed by atoms with Crippen LogP contribution in [-0.2, 0) is 11.3 Å². The van der Waals surface area contributed by atoms with Crippen LogP contribution in [0.25, 0.3) is 0 Å². The number of rotatable bonds is 7. The number of aryl methyl sites for hydroxylation is 2. The zero-order chi connectivity index (χ0) is 18.6. The quantitative estimate of drug-likeness (QED) is 0.714. The molecule has 0 spiro atoms. The highest BCUT2D eigenvalue weighted by atomic mass is 32.2. The Morgan fingerprint density at radius 2 is 2.08 bits per heavy atom. The third-order valence-corrected chi connectivity index (χ3v) is 5.34. The zero-order valence-corrected chi connectivity index (χ0v) is 16.3. The molecule has 4 nitrogen and oxygen atoms in total. The first-order valence-corrected chi connectivity index (χ1v) is 9.48. The van der Waals surface area contributed by atoms with Gasteiger partial charge in [-0.05, 0) is 51.8 Å². The summed E-state index contributed by atoms with van der Waals surface area (Å²) in [5, 5.41) is 3.31. The molecule has 0 fully saturated rings. The van der Waals surface area contributed by atoms with E-state index < -0.39 is 0 Å². The molecule has 0 bridgehead atoms. The molecule has 1 atom stereocenters. The lowest BCUT2D eigenvalue weighted by molar-refractivity contribution is -0.115. The number of carbonyl (C=O) groups excluding carboxylic acids is 1. The third kappa shape index (κ3) is 4.84. The number of halogens is 1. The molecule has 2 rings (SSSR count). The number of unbranched alkanes of at least 4 members (excludes halogenated alkanes) is 1. The molecule has 1 aromatic carbocycles. The number of carbonyl (C=O) groups is 1. The maximum absolute atomic E-state index is 13.6. The van der Waals surface area contributed by atoms with Crippen LogP contribution < -0.4 is 5.32 Å². The predicted molar refractivity (Wildman–Crippen MR) is 102 cm³/mol. The predicted octanol–water partition coefficient (Wildman–Crippen LogP) is 4.87. The van der Waals surface area contributed by atoms with Gasteiger partial charge in [-0.1, -0.05) is 31.2 Å².